The van der Waals surface area contributed by atoms with Gasteiger partial charge in [0, 0.05) is 52.4 Å². The van der Waals surface area contributed by atoms with Crippen molar-refractivity contribution < 1.29 is 0 Å². The lowest BCUT2D eigenvalue weighted by Crippen LogP contribution is -2.44. The second-order valence-electron chi connectivity index (χ2n) is 9.43. The fraction of sp³-hybridized carbons (Fsp3) is 0.615. The van der Waals surface area contributed by atoms with Gasteiger partial charge in [0.2, 0.25) is 0 Å². The first-order valence-corrected chi connectivity index (χ1v) is 12.0. The fourth-order valence-corrected chi connectivity index (χ4v) is 4.99. The van der Waals surface area contributed by atoms with Crippen molar-refractivity contribution in [3.8, 4) is 0 Å². The van der Waals surface area contributed by atoms with Gasteiger partial charge in [0.15, 0.2) is 0 Å². The van der Waals surface area contributed by atoms with Gasteiger partial charge in [-0.25, -0.2) is 0 Å². The normalized spacial score (nSPS) is 20.2. The Hall–Kier alpha value is -1.46. The Balaban J connectivity index is 1.32. The van der Waals surface area contributed by atoms with Crippen molar-refractivity contribution in [3.05, 3.63) is 47.5 Å². The summed E-state index contributed by atoms with van der Waals surface area (Å²) in [5, 5.41) is 2.96. The highest BCUT2D eigenvalue weighted by Crippen LogP contribution is 2.25. The van der Waals surface area contributed by atoms with E-state index in [1.807, 2.05) is 0 Å². The van der Waals surface area contributed by atoms with Crippen molar-refractivity contribution in [1.29, 1.82) is 0 Å². The molecule has 0 aliphatic carbocycles. The molecule has 0 aromatic heterocycles. The van der Waals surface area contributed by atoms with Crippen LogP contribution in [0.15, 0.2) is 36.4 Å². The first kappa shape index (κ1) is 21.8. The third-order valence-corrected chi connectivity index (χ3v) is 7.14. The Bertz CT molecular complexity index is 722. The molecule has 2 heterocycles. The molecule has 164 valence electrons. The van der Waals surface area contributed by atoms with Crippen LogP contribution in [0.2, 0.25) is 0 Å². The number of hydrogen-bond donors (Lipinski definition) is 0. The predicted octanol–water partition coefficient (Wildman–Crippen LogP) is 3.20. The summed E-state index contributed by atoms with van der Waals surface area (Å²) >= 11 is 0. The summed E-state index contributed by atoms with van der Waals surface area (Å²) in [5.74, 6) is 0. The van der Waals surface area contributed by atoms with Crippen molar-refractivity contribution in [3.63, 3.8) is 0 Å². The molecule has 2 aromatic carbocycles. The number of hydrogen-bond acceptors (Lipinski definition) is 4. The van der Waals surface area contributed by atoms with E-state index in [0.29, 0.717) is 0 Å². The molecule has 30 heavy (non-hydrogen) atoms. The Morgan fingerprint density at radius 3 is 1.37 bits per heavy atom. The lowest BCUT2D eigenvalue weighted by Gasteiger charge is -2.32. The van der Waals surface area contributed by atoms with Gasteiger partial charge in [-0.3, -0.25) is 0 Å². The van der Waals surface area contributed by atoms with Crippen LogP contribution in [0.3, 0.4) is 0 Å². The van der Waals surface area contributed by atoms with E-state index in [1.165, 1.54) is 113 Å². The molecule has 0 bridgehead atoms. The fourth-order valence-electron chi connectivity index (χ4n) is 4.99. The molecule has 0 amide bonds. The molecular weight excluding hydrogens is 368 g/mol. The van der Waals surface area contributed by atoms with Gasteiger partial charge >= 0.3 is 0 Å². The van der Waals surface area contributed by atoms with E-state index in [2.05, 4.69) is 70.1 Å². The molecule has 4 heteroatoms. The monoisotopic (exact) mass is 408 g/mol. The van der Waals surface area contributed by atoms with Gasteiger partial charge in [-0.1, -0.05) is 36.4 Å². The lowest BCUT2D eigenvalue weighted by molar-refractivity contribution is 0.153. The summed E-state index contributed by atoms with van der Waals surface area (Å²) in [4.78, 5) is 10.1. The minimum atomic E-state index is 1.19. The predicted molar refractivity (Wildman–Crippen MR) is 128 cm³/mol. The van der Waals surface area contributed by atoms with Crippen LogP contribution in [0.5, 0.6) is 0 Å². The minimum absolute atomic E-state index is 1.19. The molecule has 0 spiro atoms. The van der Waals surface area contributed by atoms with E-state index in [4.69, 9.17) is 0 Å². The zero-order valence-corrected chi connectivity index (χ0v) is 19.2. The average Bonchev–Trinajstić information content (AvgIpc) is 2.77. The molecule has 2 fully saturated rings. The maximum Gasteiger partial charge on any atom is 0.0110 e. The zero-order chi connectivity index (χ0) is 20.8. The highest BCUT2D eigenvalue weighted by molar-refractivity contribution is 5.88. The summed E-state index contributed by atoms with van der Waals surface area (Å²) in [6.07, 6.45) is 4.90. The Kier molecular flexibility index (Phi) is 7.78. The maximum atomic E-state index is 2.63. The molecule has 2 saturated heterocycles. The van der Waals surface area contributed by atoms with E-state index in [9.17, 15) is 0 Å². The van der Waals surface area contributed by atoms with Gasteiger partial charge in [0.05, 0.1) is 0 Å². The largest absolute Gasteiger partial charge is 0.304 e. The second kappa shape index (κ2) is 10.7. The molecule has 4 nitrogen and oxygen atoms in total. The van der Waals surface area contributed by atoms with E-state index < -0.39 is 0 Å². The molecule has 0 unspecified atom stereocenters. The summed E-state index contributed by atoms with van der Waals surface area (Å²) in [5.41, 5.74) is 3.06. The van der Waals surface area contributed by atoms with Crippen molar-refractivity contribution >= 4 is 10.8 Å². The van der Waals surface area contributed by atoms with Gasteiger partial charge in [-0.15, -0.1) is 0 Å². The second-order valence-corrected chi connectivity index (χ2v) is 9.43. The lowest BCUT2D eigenvalue weighted by atomic mass is 9.94. The first-order chi connectivity index (χ1) is 14.7. The summed E-state index contributed by atoms with van der Waals surface area (Å²) in [6.45, 7) is 12.2. The van der Waals surface area contributed by atoms with Crippen molar-refractivity contribution in [2.24, 2.45) is 0 Å². The number of benzene rings is 2. The van der Waals surface area contributed by atoms with Crippen molar-refractivity contribution in [2.45, 2.75) is 25.7 Å². The molecule has 0 saturated carbocycles. The van der Waals surface area contributed by atoms with E-state index in [0.717, 1.165) is 0 Å². The number of likely N-dealkylation sites (N-methyl/N-ethyl adjacent to an activating group) is 2. The Morgan fingerprint density at radius 2 is 0.967 bits per heavy atom. The van der Waals surface area contributed by atoms with Gasteiger partial charge in [-0.2, -0.15) is 0 Å². The molecule has 2 aromatic rings. The van der Waals surface area contributed by atoms with E-state index in [1.54, 1.807) is 0 Å². The molecular formula is C26H40N4. The van der Waals surface area contributed by atoms with Gasteiger partial charge in [0.25, 0.3) is 0 Å². The molecule has 4 rings (SSSR count). The maximum absolute atomic E-state index is 2.63. The van der Waals surface area contributed by atoms with Crippen LogP contribution in [-0.4, -0.2) is 99.1 Å². The van der Waals surface area contributed by atoms with Gasteiger partial charge in [0.1, 0.15) is 0 Å². The quantitative estimate of drug-likeness (QED) is 0.665. The van der Waals surface area contributed by atoms with Gasteiger partial charge in [-0.05, 0) is 74.8 Å². The van der Waals surface area contributed by atoms with Crippen LogP contribution in [0.25, 0.3) is 10.8 Å². The van der Waals surface area contributed by atoms with Crippen LogP contribution >= 0.6 is 0 Å². The van der Waals surface area contributed by atoms with Crippen molar-refractivity contribution in [1.82, 2.24) is 19.6 Å². The Labute approximate surface area is 183 Å². The average molecular weight is 409 g/mol. The number of rotatable bonds is 8. The SMILES string of the molecule is CN1CCN(CCCc2ccc(CCCN3CCN(C)CC3)c3ccccc23)CC1. The van der Waals surface area contributed by atoms with Crippen LogP contribution in [-0.2, 0) is 12.8 Å². The third kappa shape index (κ3) is 5.82. The number of fused-ring (bicyclic) bond motifs is 1. The molecule has 0 atom stereocenters. The number of aryl methyl sites for hydroxylation is 2. The molecule has 2 aliphatic heterocycles. The van der Waals surface area contributed by atoms with E-state index >= 15 is 0 Å². The Morgan fingerprint density at radius 1 is 0.567 bits per heavy atom. The summed E-state index contributed by atoms with van der Waals surface area (Å²) in [7, 11) is 4.46. The first-order valence-electron chi connectivity index (χ1n) is 12.0. The topological polar surface area (TPSA) is 13.0 Å². The molecule has 2 aliphatic rings. The van der Waals surface area contributed by atoms with Crippen molar-refractivity contribution in [2.75, 3.05) is 79.5 Å². The van der Waals surface area contributed by atoms with Crippen LogP contribution < -0.4 is 0 Å². The van der Waals surface area contributed by atoms with E-state index in [-0.39, 0.29) is 0 Å². The highest BCUT2D eigenvalue weighted by atomic mass is 15.2. The smallest absolute Gasteiger partial charge is 0.0110 e. The summed E-state index contributed by atoms with van der Waals surface area (Å²) in [6, 6.07) is 13.9. The molecule has 0 radical (unpaired) electrons. The molecule has 0 N–H and O–H groups in total. The highest BCUT2D eigenvalue weighted by Gasteiger charge is 2.15. The van der Waals surface area contributed by atoms with Crippen LogP contribution in [0.1, 0.15) is 24.0 Å². The zero-order valence-electron chi connectivity index (χ0n) is 19.2. The minimum Gasteiger partial charge on any atom is -0.304 e. The third-order valence-electron chi connectivity index (χ3n) is 7.14. The van der Waals surface area contributed by atoms with Crippen LogP contribution in [0, 0.1) is 0 Å². The van der Waals surface area contributed by atoms with Crippen LogP contribution in [0.4, 0.5) is 0 Å². The summed E-state index contributed by atoms with van der Waals surface area (Å²) < 4.78 is 0. The number of piperazine rings is 2. The number of nitrogens with zero attached hydrogens (tertiary/aromatic N) is 4. The van der Waals surface area contributed by atoms with Gasteiger partial charge < -0.3 is 19.6 Å². The standard InChI is InChI=1S/C26H40N4/c1-27-15-19-29(20-16-27)13-5-7-23-11-12-24(26-10-4-3-9-25(23)26)8-6-14-30-21-17-28(2)18-22-30/h3-4,9-12H,5-8,13-22H2,1-2H3.